The fourth-order valence-corrected chi connectivity index (χ4v) is 2.87. The van der Waals surface area contributed by atoms with Crippen molar-refractivity contribution in [2.45, 2.75) is 19.9 Å². The lowest BCUT2D eigenvalue weighted by atomic mass is 10.1. The molecule has 0 radical (unpaired) electrons. The summed E-state index contributed by atoms with van der Waals surface area (Å²) < 4.78 is 4.69. The minimum Gasteiger partial charge on any atom is -0.465 e. The fraction of sp³-hybridized carbons (Fsp3) is 0.353. The number of nitrogens with one attached hydrogen (secondary N) is 2. The summed E-state index contributed by atoms with van der Waals surface area (Å²) in [5.41, 5.74) is 1.60. The summed E-state index contributed by atoms with van der Waals surface area (Å²) in [5, 5.41) is 7.63. The van der Waals surface area contributed by atoms with Gasteiger partial charge in [-0.1, -0.05) is 12.1 Å². The third kappa shape index (κ3) is 6.99. The second kappa shape index (κ2) is 11.0. The van der Waals surface area contributed by atoms with Crippen molar-refractivity contribution in [1.29, 1.82) is 0 Å². The Bertz CT molecular complexity index is 701. The van der Waals surface area contributed by atoms with Crippen molar-refractivity contribution in [1.82, 2.24) is 15.6 Å². The van der Waals surface area contributed by atoms with Gasteiger partial charge in [0.1, 0.15) is 0 Å². The van der Waals surface area contributed by atoms with Gasteiger partial charge in [0.05, 0.1) is 17.7 Å². The summed E-state index contributed by atoms with van der Waals surface area (Å²) in [5.74, 6) is 0.407. The van der Waals surface area contributed by atoms with Crippen molar-refractivity contribution in [2.24, 2.45) is 4.99 Å². The van der Waals surface area contributed by atoms with E-state index in [0.29, 0.717) is 12.1 Å². The van der Waals surface area contributed by atoms with Crippen molar-refractivity contribution in [2.75, 3.05) is 20.7 Å². The zero-order valence-electron chi connectivity index (χ0n) is 14.5. The van der Waals surface area contributed by atoms with Gasteiger partial charge < -0.3 is 15.4 Å². The third-order valence-electron chi connectivity index (χ3n) is 3.36. The quantitative estimate of drug-likeness (QED) is 0.292. The van der Waals surface area contributed by atoms with Crippen molar-refractivity contribution in [3.63, 3.8) is 0 Å². The number of benzene rings is 1. The minimum atomic E-state index is -0.329. The topological polar surface area (TPSA) is 75.6 Å². The highest BCUT2D eigenvalue weighted by atomic mass is 127. The van der Waals surface area contributed by atoms with Crippen LogP contribution in [-0.4, -0.2) is 37.6 Å². The van der Waals surface area contributed by atoms with Gasteiger partial charge >= 0.3 is 5.97 Å². The summed E-state index contributed by atoms with van der Waals surface area (Å²) in [6.45, 7) is 3.45. The number of esters is 1. The Morgan fingerprint density at radius 2 is 2.00 bits per heavy atom. The SMILES string of the molecule is CN=C(NCCc1ncc(C)s1)NCc1ccc(C(=O)OC)cc1.I. The van der Waals surface area contributed by atoms with Gasteiger partial charge in [-0.2, -0.15) is 0 Å². The van der Waals surface area contributed by atoms with Crippen LogP contribution in [0.15, 0.2) is 35.5 Å². The number of hydrogen-bond acceptors (Lipinski definition) is 5. The van der Waals surface area contributed by atoms with Crippen molar-refractivity contribution >= 4 is 47.2 Å². The Morgan fingerprint density at radius 3 is 2.56 bits per heavy atom. The molecule has 0 atom stereocenters. The van der Waals surface area contributed by atoms with Gasteiger partial charge in [-0.05, 0) is 24.6 Å². The first-order valence-electron chi connectivity index (χ1n) is 7.65. The van der Waals surface area contributed by atoms with Crippen molar-refractivity contribution in [3.05, 3.63) is 51.5 Å². The molecule has 0 amide bonds. The standard InChI is InChI=1S/C17H22N4O2S.HI/c1-12-10-20-15(24-12)8-9-19-17(18-2)21-11-13-4-6-14(7-5-13)16(22)23-3;/h4-7,10H,8-9,11H2,1-3H3,(H2,18,19,21);1H. The lowest BCUT2D eigenvalue weighted by Crippen LogP contribution is -2.37. The monoisotopic (exact) mass is 474 g/mol. The molecule has 136 valence electrons. The zero-order chi connectivity index (χ0) is 17.4. The molecule has 1 heterocycles. The van der Waals surface area contributed by atoms with E-state index in [9.17, 15) is 4.79 Å². The van der Waals surface area contributed by atoms with Crippen LogP contribution in [0.5, 0.6) is 0 Å². The summed E-state index contributed by atoms with van der Waals surface area (Å²) in [6.07, 6.45) is 2.76. The number of methoxy groups -OCH3 is 1. The maximum atomic E-state index is 11.4. The zero-order valence-corrected chi connectivity index (χ0v) is 17.7. The molecule has 0 aliphatic carbocycles. The number of guanidine groups is 1. The first-order chi connectivity index (χ1) is 11.6. The summed E-state index contributed by atoms with van der Waals surface area (Å²) in [4.78, 5) is 21.2. The average Bonchev–Trinajstić information content (AvgIpc) is 3.03. The lowest BCUT2D eigenvalue weighted by molar-refractivity contribution is 0.0600. The normalized spacial score (nSPS) is 10.8. The molecule has 1 aromatic heterocycles. The Balaban J connectivity index is 0.00000312. The second-order valence-corrected chi connectivity index (χ2v) is 6.48. The minimum absolute atomic E-state index is 0. The van der Waals surface area contributed by atoms with Gasteiger partial charge in [-0.25, -0.2) is 9.78 Å². The predicted molar refractivity (Wildman–Crippen MR) is 112 cm³/mol. The first-order valence-corrected chi connectivity index (χ1v) is 8.47. The van der Waals surface area contributed by atoms with E-state index in [1.807, 2.05) is 18.3 Å². The van der Waals surface area contributed by atoms with Gasteiger partial charge in [0.15, 0.2) is 5.96 Å². The number of halogens is 1. The highest BCUT2D eigenvalue weighted by Gasteiger charge is 2.05. The molecule has 0 saturated heterocycles. The first kappa shape index (κ1) is 21.4. The molecule has 0 fully saturated rings. The van der Waals surface area contributed by atoms with Crippen LogP contribution >= 0.6 is 35.3 Å². The molecular formula is C17H23IN4O2S. The smallest absolute Gasteiger partial charge is 0.337 e. The molecule has 25 heavy (non-hydrogen) atoms. The number of aromatic nitrogens is 1. The number of rotatable bonds is 6. The van der Waals surface area contributed by atoms with E-state index in [1.165, 1.54) is 12.0 Å². The third-order valence-corrected chi connectivity index (χ3v) is 4.33. The number of nitrogens with zero attached hydrogens (tertiary/aromatic N) is 2. The number of ether oxygens (including phenoxy) is 1. The molecule has 0 aliphatic heterocycles. The van der Waals surface area contributed by atoms with Crippen LogP contribution in [0.4, 0.5) is 0 Å². The molecule has 2 rings (SSSR count). The van der Waals surface area contributed by atoms with Gasteiger partial charge in [-0.15, -0.1) is 35.3 Å². The molecule has 0 aliphatic rings. The van der Waals surface area contributed by atoms with Crippen LogP contribution < -0.4 is 10.6 Å². The number of carbonyl (C=O) groups is 1. The lowest BCUT2D eigenvalue weighted by Gasteiger charge is -2.11. The Kier molecular flexibility index (Phi) is 9.43. The molecule has 0 unspecified atom stereocenters. The Labute approximate surface area is 169 Å². The maximum absolute atomic E-state index is 11.4. The molecule has 2 aromatic rings. The van der Waals surface area contributed by atoms with Crippen LogP contribution in [-0.2, 0) is 17.7 Å². The van der Waals surface area contributed by atoms with Crippen LogP contribution in [0.3, 0.4) is 0 Å². The number of thiazole rings is 1. The molecule has 0 spiro atoms. The number of aryl methyl sites for hydroxylation is 1. The van der Waals surface area contributed by atoms with Crippen molar-refractivity contribution < 1.29 is 9.53 Å². The molecule has 6 nitrogen and oxygen atoms in total. The van der Waals surface area contributed by atoms with Gasteiger partial charge in [-0.3, -0.25) is 4.99 Å². The second-order valence-electron chi connectivity index (χ2n) is 5.16. The number of hydrogen-bond donors (Lipinski definition) is 2. The van der Waals surface area contributed by atoms with Gasteiger partial charge in [0, 0.05) is 37.6 Å². The van der Waals surface area contributed by atoms with Crippen molar-refractivity contribution in [3.8, 4) is 0 Å². The van der Waals surface area contributed by atoms with E-state index in [4.69, 9.17) is 0 Å². The Hall–Kier alpha value is -1.68. The molecule has 0 saturated carbocycles. The largest absolute Gasteiger partial charge is 0.465 e. The molecule has 2 N–H and O–H groups in total. The predicted octanol–water partition coefficient (Wildman–Crippen LogP) is 2.76. The highest BCUT2D eigenvalue weighted by Crippen LogP contribution is 2.11. The van der Waals surface area contributed by atoms with E-state index in [0.717, 1.165) is 29.5 Å². The number of aliphatic imine (C=N–C) groups is 1. The molecule has 1 aromatic carbocycles. The van der Waals surface area contributed by atoms with Crippen LogP contribution in [0.1, 0.15) is 25.8 Å². The van der Waals surface area contributed by atoms with Gasteiger partial charge in [0.25, 0.3) is 0 Å². The van der Waals surface area contributed by atoms with E-state index in [1.54, 1.807) is 30.5 Å². The summed E-state index contributed by atoms with van der Waals surface area (Å²) in [6, 6.07) is 7.30. The average molecular weight is 474 g/mol. The summed E-state index contributed by atoms with van der Waals surface area (Å²) >= 11 is 1.71. The van der Waals surface area contributed by atoms with E-state index >= 15 is 0 Å². The Morgan fingerprint density at radius 1 is 1.28 bits per heavy atom. The van der Waals surface area contributed by atoms with Crippen LogP contribution in [0, 0.1) is 6.92 Å². The van der Waals surface area contributed by atoms with Gasteiger partial charge in [0.2, 0.25) is 0 Å². The number of carbonyl (C=O) groups excluding carboxylic acids is 1. The molecular weight excluding hydrogens is 451 g/mol. The fourth-order valence-electron chi connectivity index (χ4n) is 2.09. The van der Waals surface area contributed by atoms with E-state index in [2.05, 4.69) is 32.3 Å². The van der Waals surface area contributed by atoms with E-state index < -0.39 is 0 Å². The molecule has 8 heteroatoms. The van der Waals surface area contributed by atoms with Crippen LogP contribution in [0.2, 0.25) is 0 Å². The molecule has 0 bridgehead atoms. The highest BCUT2D eigenvalue weighted by molar-refractivity contribution is 14.0. The van der Waals surface area contributed by atoms with E-state index in [-0.39, 0.29) is 29.9 Å². The van der Waals surface area contributed by atoms with Crippen LogP contribution in [0.25, 0.3) is 0 Å². The maximum Gasteiger partial charge on any atom is 0.337 e. The summed E-state index contributed by atoms with van der Waals surface area (Å²) in [7, 11) is 3.11.